The number of piperidine rings is 1. The highest BCUT2D eigenvalue weighted by atomic mass is 32.2. The number of sulfonamides is 1. The molecule has 6 heteroatoms. The van der Waals surface area contributed by atoms with E-state index in [1.807, 2.05) is 7.05 Å². The Morgan fingerprint density at radius 2 is 2.12 bits per heavy atom. The zero-order valence-corrected chi connectivity index (χ0v) is 11.0. The fourth-order valence-electron chi connectivity index (χ4n) is 1.98. The molecule has 2 N–H and O–H groups in total. The molecular formula is C10H23N3O2S. The Kier molecular flexibility index (Phi) is 5.68. The molecular weight excluding hydrogens is 226 g/mol. The predicted octanol–water partition coefficient (Wildman–Crippen LogP) is -0.390. The first-order valence-corrected chi connectivity index (χ1v) is 7.72. The highest BCUT2D eigenvalue weighted by Gasteiger charge is 2.25. The standard InChI is InChI=1S/C10H23N3O2S/c1-11-6-4-7-12-10-5-3-8-13(9-10)16(2,14)15/h10-12H,3-9H2,1-2H3. The maximum Gasteiger partial charge on any atom is 0.211 e. The van der Waals surface area contributed by atoms with Gasteiger partial charge in [-0.1, -0.05) is 0 Å². The summed E-state index contributed by atoms with van der Waals surface area (Å²) in [5, 5.41) is 6.50. The van der Waals surface area contributed by atoms with Gasteiger partial charge in [0.05, 0.1) is 6.26 Å². The molecule has 1 heterocycles. The van der Waals surface area contributed by atoms with E-state index in [4.69, 9.17) is 0 Å². The van der Waals surface area contributed by atoms with E-state index in [1.54, 1.807) is 4.31 Å². The zero-order valence-electron chi connectivity index (χ0n) is 10.2. The van der Waals surface area contributed by atoms with Gasteiger partial charge in [-0.25, -0.2) is 12.7 Å². The first-order chi connectivity index (χ1) is 7.54. The van der Waals surface area contributed by atoms with E-state index >= 15 is 0 Å². The Hall–Kier alpha value is -0.170. The quantitative estimate of drug-likeness (QED) is 0.629. The molecule has 0 aromatic heterocycles. The van der Waals surface area contributed by atoms with Crippen molar-refractivity contribution >= 4 is 10.0 Å². The summed E-state index contributed by atoms with van der Waals surface area (Å²) in [6.45, 7) is 3.24. The monoisotopic (exact) mass is 249 g/mol. The molecule has 1 aliphatic heterocycles. The van der Waals surface area contributed by atoms with Crippen LogP contribution in [-0.2, 0) is 10.0 Å². The molecule has 96 valence electrons. The van der Waals surface area contributed by atoms with Gasteiger partial charge in [0.1, 0.15) is 0 Å². The third-order valence-electron chi connectivity index (χ3n) is 2.89. The van der Waals surface area contributed by atoms with Crippen molar-refractivity contribution in [3.8, 4) is 0 Å². The molecule has 0 saturated carbocycles. The molecule has 0 aliphatic carbocycles. The van der Waals surface area contributed by atoms with Crippen LogP contribution >= 0.6 is 0 Å². The number of nitrogens with one attached hydrogen (secondary N) is 2. The lowest BCUT2D eigenvalue weighted by Gasteiger charge is -2.31. The Morgan fingerprint density at radius 3 is 2.75 bits per heavy atom. The van der Waals surface area contributed by atoms with Gasteiger partial charge in [0.15, 0.2) is 0 Å². The summed E-state index contributed by atoms with van der Waals surface area (Å²) in [5.74, 6) is 0. The van der Waals surface area contributed by atoms with Crippen LogP contribution in [0, 0.1) is 0 Å². The topological polar surface area (TPSA) is 61.4 Å². The summed E-state index contributed by atoms with van der Waals surface area (Å²) in [5.41, 5.74) is 0. The number of nitrogens with zero attached hydrogens (tertiary/aromatic N) is 1. The second kappa shape index (κ2) is 6.54. The van der Waals surface area contributed by atoms with Gasteiger partial charge in [0.2, 0.25) is 10.0 Å². The second-order valence-corrected chi connectivity index (χ2v) is 6.35. The molecule has 1 rings (SSSR count). The first-order valence-electron chi connectivity index (χ1n) is 5.87. The van der Waals surface area contributed by atoms with Crippen molar-refractivity contribution in [1.29, 1.82) is 0 Å². The van der Waals surface area contributed by atoms with Gasteiger partial charge in [0.25, 0.3) is 0 Å². The maximum atomic E-state index is 11.4. The van der Waals surface area contributed by atoms with Crippen molar-refractivity contribution in [2.24, 2.45) is 0 Å². The van der Waals surface area contributed by atoms with Gasteiger partial charge in [-0.3, -0.25) is 0 Å². The Labute approximate surface area is 98.6 Å². The summed E-state index contributed by atoms with van der Waals surface area (Å²) in [6, 6.07) is 0.320. The normalized spacial score (nSPS) is 23.5. The van der Waals surface area contributed by atoms with Crippen molar-refractivity contribution in [1.82, 2.24) is 14.9 Å². The molecule has 0 bridgehead atoms. The van der Waals surface area contributed by atoms with Crippen molar-refractivity contribution < 1.29 is 8.42 Å². The maximum absolute atomic E-state index is 11.4. The van der Waals surface area contributed by atoms with Crippen molar-refractivity contribution in [2.75, 3.05) is 39.5 Å². The lowest BCUT2D eigenvalue weighted by Crippen LogP contribution is -2.47. The highest BCUT2D eigenvalue weighted by molar-refractivity contribution is 7.88. The SMILES string of the molecule is CNCCCNC1CCCN(S(C)(=O)=O)C1. The number of rotatable bonds is 6. The van der Waals surface area contributed by atoms with Crippen LogP contribution in [0.15, 0.2) is 0 Å². The van der Waals surface area contributed by atoms with Crippen LogP contribution in [0.25, 0.3) is 0 Å². The van der Waals surface area contributed by atoms with Crippen molar-refractivity contribution in [2.45, 2.75) is 25.3 Å². The van der Waals surface area contributed by atoms with Gasteiger partial charge >= 0.3 is 0 Å². The van der Waals surface area contributed by atoms with Gasteiger partial charge in [0, 0.05) is 19.1 Å². The average molecular weight is 249 g/mol. The van der Waals surface area contributed by atoms with Crippen LogP contribution in [0.4, 0.5) is 0 Å². The third-order valence-corrected chi connectivity index (χ3v) is 4.16. The summed E-state index contributed by atoms with van der Waals surface area (Å²) in [4.78, 5) is 0. The minimum Gasteiger partial charge on any atom is -0.320 e. The molecule has 1 atom stereocenters. The van der Waals surface area contributed by atoms with Crippen LogP contribution in [0.2, 0.25) is 0 Å². The van der Waals surface area contributed by atoms with E-state index in [2.05, 4.69) is 10.6 Å². The van der Waals surface area contributed by atoms with Crippen molar-refractivity contribution in [3.63, 3.8) is 0 Å². The van der Waals surface area contributed by atoms with Crippen LogP contribution in [-0.4, -0.2) is 58.2 Å². The Bertz CT molecular complexity index is 292. The van der Waals surface area contributed by atoms with Crippen LogP contribution in [0.1, 0.15) is 19.3 Å². The molecule has 0 spiro atoms. The molecule has 1 saturated heterocycles. The van der Waals surface area contributed by atoms with Crippen LogP contribution < -0.4 is 10.6 Å². The first kappa shape index (κ1) is 13.9. The average Bonchev–Trinajstić information content (AvgIpc) is 2.24. The largest absolute Gasteiger partial charge is 0.320 e. The minimum atomic E-state index is -3.01. The lowest BCUT2D eigenvalue weighted by molar-refractivity contribution is 0.284. The van der Waals surface area contributed by atoms with Gasteiger partial charge < -0.3 is 10.6 Å². The van der Waals surface area contributed by atoms with E-state index in [-0.39, 0.29) is 0 Å². The van der Waals surface area contributed by atoms with Crippen molar-refractivity contribution in [3.05, 3.63) is 0 Å². The molecule has 1 unspecified atom stereocenters. The molecule has 1 fully saturated rings. The highest BCUT2D eigenvalue weighted by Crippen LogP contribution is 2.12. The van der Waals surface area contributed by atoms with Crippen LogP contribution in [0.5, 0.6) is 0 Å². The van der Waals surface area contributed by atoms with Gasteiger partial charge in [-0.05, 0) is 39.4 Å². The Balaban J connectivity index is 2.28. The fraction of sp³-hybridized carbons (Fsp3) is 1.00. The fourth-order valence-corrected chi connectivity index (χ4v) is 2.89. The van der Waals surface area contributed by atoms with E-state index < -0.39 is 10.0 Å². The van der Waals surface area contributed by atoms with E-state index in [0.717, 1.165) is 32.4 Å². The molecule has 0 aromatic carbocycles. The third kappa shape index (κ3) is 4.78. The molecule has 5 nitrogen and oxygen atoms in total. The summed E-state index contributed by atoms with van der Waals surface area (Å²) in [7, 11) is -1.08. The van der Waals surface area contributed by atoms with E-state index in [1.165, 1.54) is 6.26 Å². The lowest BCUT2D eigenvalue weighted by atomic mass is 10.1. The molecule has 0 amide bonds. The van der Waals surface area contributed by atoms with E-state index in [0.29, 0.717) is 19.1 Å². The summed E-state index contributed by atoms with van der Waals surface area (Å²) >= 11 is 0. The minimum absolute atomic E-state index is 0.320. The number of hydrogen-bond donors (Lipinski definition) is 2. The number of hydrogen-bond acceptors (Lipinski definition) is 4. The van der Waals surface area contributed by atoms with Gasteiger partial charge in [-0.15, -0.1) is 0 Å². The molecule has 16 heavy (non-hydrogen) atoms. The summed E-state index contributed by atoms with van der Waals surface area (Å²) < 4.78 is 24.4. The molecule has 1 aliphatic rings. The van der Waals surface area contributed by atoms with E-state index in [9.17, 15) is 8.42 Å². The summed E-state index contributed by atoms with van der Waals surface area (Å²) in [6.07, 6.45) is 4.39. The van der Waals surface area contributed by atoms with Gasteiger partial charge in [-0.2, -0.15) is 0 Å². The molecule has 0 aromatic rings. The predicted molar refractivity (Wildman–Crippen MR) is 66.0 cm³/mol. The Morgan fingerprint density at radius 1 is 1.38 bits per heavy atom. The smallest absolute Gasteiger partial charge is 0.211 e. The molecule has 0 radical (unpaired) electrons. The second-order valence-electron chi connectivity index (χ2n) is 4.37. The van der Waals surface area contributed by atoms with Crippen LogP contribution in [0.3, 0.4) is 0 Å². The zero-order chi connectivity index (χ0) is 12.0.